The van der Waals surface area contributed by atoms with Crippen molar-refractivity contribution in [1.82, 2.24) is 4.31 Å². The van der Waals surface area contributed by atoms with Crippen LogP contribution in [0.15, 0.2) is 59.5 Å². The second kappa shape index (κ2) is 11.2. The molecule has 6 nitrogen and oxygen atoms in total. The van der Waals surface area contributed by atoms with E-state index in [0.29, 0.717) is 12.8 Å². The summed E-state index contributed by atoms with van der Waals surface area (Å²) >= 11 is 0. The topological polar surface area (TPSA) is 72.9 Å². The number of sulfonamides is 1. The fourth-order valence-electron chi connectivity index (χ4n) is 3.25. The molecule has 0 aliphatic heterocycles. The Balaban J connectivity index is 2.62. The zero-order valence-corrected chi connectivity index (χ0v) is 19.9. The van der Waals surface area contributed by atoms with Crippen molar-refractivity contribution in [2.45, 2.75) is 57.8 Å². The van der Waals surface area contributed by atoms with Gasteiger partial charge in [-0.1, -0.05) is 61.4 Å². The average molecular weight is 454 g/mol. The molecule has 0 spiro atoms. The Bertz CT molecular complexity index is 922. The standard InChI is InChI=1S/C22H32NO5PS/c1-5-11-22(29(24,27-6-2)28-7-3)23(18-20-12-9-8-10-13-20)30(25,26)21-16-14-19(4)15-17-21/h8-10,12-17,22H,5-7,11,18H2,1-4H3. The molecular weight excluding hydrogens is 421 g/mol. The van der Waals surface area contributed by atoms with Crippen LogP contribution in [0.4, 0.5) is 0 Å². The van der Waals surface area contributed by atoms with Crippen molar-refractivity contribution in [1.29, 1.82) is 0 Å². The van der Waals surface area contributed by atoms with E-state index in [-0.39, 0.29) is 24.7 Å². The van der Waals surface area contributed by atoms with E-state index in [1.54, 1.807) is 38.1 Å². The lowest BCUT2D eigenvalue weighted by Gasteiger charge is -2.35. The largest absolute Gasteiger partial charge is 0.348 e. The van der Waals surface area contributed by atoms with Gasteiger partial charge in [-0.2, -0.15) is 4.31 Å². The lowest BCUT2D eigenvalue weighted by molar-refractivity contribution is 0.188. The minimum Gasteiger partial charge on any atom is -0.308 e. The first kappa shape index (κ1) is 24.8. The van der Waals surface area contributed by atoms with Gasteiger partial charge in [-0.05, 0) is 44.9 Å². The summed E-state index contributed by atoms with van der Waals surface area (Å²) in [5.74, 6) is -0.922. The minimum atomic E-state index is -3.96. The van der Waals surface area contributed by atoms with Crippen LogP contribution in [0.5, 0.6) is 0 Å². The fourth-order valence-corrected chi connectivity index (χ4v) is 7.57. The van der Waals surface area contributed by atoms with E-state index in [4.69, 9.17) is 9.05 Å². The third-order valence-electron chi connectivity index (χ3n) is 4.67. The Morgan fingerprint density at radius 2 is 1.50 bits per heavy atom. The maximum absolute atomic E-state index is 13.7. The molecule has 30 heavy (non-hydrogen) atoms. The maximum Gasteiger partial charge on any atom is 0.348 e. The number of benzene rings is 2. The lowest BCUT2D eigenvalue weighted by atomic mass is 10.2. The fraction of sp³-hybridized carbons (Fsp3) is 0.455. The monoisotopic (exact) mass is 453 g/mol. The molecule has 0 heterocycles. The van der Waals surface area contributed by atoms with Crippen molar-refractivity contribution in [3.63, 3.8) is 0 Å². The molecular formula is C22H32NO5PS. The van der Waals surface area contributed by atoms with Crippen molar-refractivity contribution in [3.8, 4) is 0 Å². The second-order valence-corrected chi connectivity index (χ2v) is 11.1. The summed E-state index contributed by atoms with van der Waals surface area (Å²) in [6.07, 6.45) is 0.985. The second-order valence-electron chi connectivity index (χ2n) is 6.99. The van der Waals surface area contributed by atoms with Gasteiger partial charge in [-0.25, -0.2) is 8.42 Å². The highest BCUT2D eigenvalue weighted by atomic mass is 32.2. The highest BCUT2D eigenvalue weighted by Gasteiger charge is 2.44. The van der Waals surface area contributed by atoms with E-state index >= 15 is 0 Å². The third-order valence-corrected chi connectivity index (χ3v) is 9.20. The highest BCUT2D eigenvalue weighted by molar-refractivity contribution is 7.89. The SMILES string of the molecule is CCCC(N(Cc1ccccc1)S(=O)(=O)c1ccc(C)cc1)P(=O)(OCC)OCC. The number of aryl methyl sites for hydroxylation is 1. The number of nitrogens with zero attached hydrogens (tertiary/aromatic N) is 1. The third kappa shape index (κ3) is 6.02. The van der Waals surface area contributed by atoms with Crippen LogP contribution >= 0.6 is 7.60 Å². The summed E-state index contributed by atoms with van der Waals surface area (Å²) in [6.45, 7) is 7.69. The van der Waals surface area contributed by atoms with Crippen molar-refractivity contribution in [3.05, 3.63) is 65.7 Å². The summed E-state index contributed by atoms with van der Waals surface area (Å²) in [4.78, 5) is 0.157. The van der Waals surface area contributed by atoms with Crippen molar-refractivity contribution in [2.75, 3.05) is 13.2 Å². The van der Waals surface area contributed by atoms with Crippen LogP contribution in [-0.2, 0) is 30.2 Å². The Morgan fingerprint density at radius 1 is 0.933 bits per heavy atom. The van der Waals surface area contributed by atoms with E-state index in [2.05, 4.69) is 0 Å². The van der Waals surface area contributed by atoms with Gasteiger partial charge in [-0.15, -0.1) is 0 Å². The zero-order valence-electron chi connectivity index (χ0n) is 18.2. The zero-order chi connectivity index (χ0) is 22.2. The van der Waals surface area contributed by atoms with Crippen LogP contribution in [0, 0.1) is 6.92 Å². The van der Waals surface area contributed by atoms with E-state index in [0.717, 1.165) is 11.1 Å². The van der Waals surface area contributed by atoms with Gasteiger partial charge in [-0.3, -0.25) is 4.57 Å². The van der Waals surface area contributed by atoms with Gasteiger partial charge in [0.1, 0.15) is 5.78 Å². The summed E-state index contributed by atoms with van der Waals surface area (Å²) in [5, 5.41) is 0. The molecule has 0 radical (unpaired) electrons. The van der Waals surface area contributed by atoms with E-state index in [1.807, 2.05) is 44.2 Å². The predicted octanol–water partition coefficient (Wildman–Crippen LogP) is 5.58. The number of hydrogen-bond donors (Lipinski definition) is 0. The summed E-state index contributed by atoms with van der Waals surface area (Å²) in [7, 11) is -7.67. The van der Waals surface area contributed by atoms with Crippen LogP contribution < -0.4 is 0 Å². The van der Waals surface area contributed by atoms with Crippen molar-refractivity contribution >= 4 is 17.6 Å². The Morgan fingerprint density at radius 3 is 2.00 bits per heavy atom. The van der Waals surface area contributed by atoms with Gasteiger partial charge in [0, 0.05) is 6.54 Å². The predicted molar refractivity (Wildman–Crippen MR) is 120 cm³/mol. The molecule has 166 valence electrons. The van der Waals surface area contributed by atoms with E-state index < -0.39 is 23.4 Å². The molecule has 0 aromatic heterocycles. The highest BCUT2D eigenvalue weighted by Crippen LogP contribution is 2.56. The van der Waals surface area contributed by atoms with Crippen LogP contribution in [0.2, 0.25) is 0 Å². The van der Waals surface area contributed by atoms with Gasteiger partial charge in [0.25, 0.3) is 0 Å². The first-order valence-electron chi connectivity index (χ1n) is 10.3. The molecule has 1 atom stereocenters. The molecule has 0 aliphatic rings. The average Bonchev–Trinajstić information content (AvgIpc) is 2.72. The van der Waals surface area contributed by atoms with Crippen molar-refractivity contribution < 1.29 is 22.0 Å². The quantitative estimate of drug-likeness (QED) is 0.392. The van der Waals surface area contributed by atoms with Crippen LogP contribution in [0.1, 0.15) is 44.7 Å². The van der Waals surface area contributed by atoms with Crippen LogP contribution in [0.25, 0.3) is 0 Å². The molecule has 0 saturated carbocycles. The van der Waals surface area contributed by atoms with Gasteiger partial charge in [0.15, 0.2) is 0 Å². The minimum absolute atomic E-state index is 0.0753. The molecule has 8 heteroatoms. The van der Waals surface area contributed by atoms with Gasteiger partial charge >= 0.3 is 7.60 Å². The lowest BCUT2D eigenvalue weighted by Crippen LogP contribution is -2.40. The van der Waals surface area contributed by atoms with Crippen molar-refractivity contribution in [2.24, 2.45) is 0 Å². The van der Waals surface area contributed by atoms with Gasteiger partial charge in [0.05, 0.1) is 18.1 Å². The normalized spacial score (nSPS) is 13.5. The molecule has 0 bridgehead atoms. The first-order valence-corrected chi connectivity index (χ1v) is 13.3. The molecule has 2 aromatic carbocycles. The molecule has 0 amide bonds. The summed E-state index contributed by atoms with van der Waals surface area (Å²) < 4.78 is 53.6. The van der Waals surface area contributed by atoms with Crippen LogP contribution in [0.3, 0.4) is 0 Å². The smallest absolute Gasteiger partial charge is 0.308 e. The van der Waals surface area contributed by atoms with Crippen LogP contribution in [-0.4, -0.2) is 31.7 Å². The molecule has 0 saturated heterocycles. The Hall–Kier alpha value is -1.50. The summed E-state index contributed by atoms with van der Waals surface area (Å²) in [6, 6.07) is 16.0. The molecule has 2 aromatic rings. The molecule has 0 N–H and O–H groups in total. The van der Waals surface area contributed by atoms with Gasteiger partial charge < -0.3 is 9.05 Å². The van der Waals surface area contributed by atoms with E-state index in [1.165, 1.54) is 4.31 Å². The first-order chi connectivity index (χ1) is 14.3. The molecule has 1 unspecified atom stereocenters. The molecule has 2 rings (SSSR count). The molecule has 0 aliphatic carbocycles. The number of hydrogen-bond acceptors (Lipinski definition) is 5. The Labute approximate surface area is 180 Å². The van der Waals surface area contributed by atoms with E-state index in [9.17, 15) is 13.0 Å². The maximum atomic E-state index is 13.7. The Kier molecular flexibility index (Phi) is 9.26. The molecule has 0 fully saturated rings. The summed E-state index contributed by atoms with van der Waals surface area (Å²) in [5.41, 5.74) is 1.76. The van der Waals surface area contributed by atoms with Gasteiger partial charge in [0.2, 0.25) is 10.0 Å². The number of rotatable bonds is 12.